The van der Waals surface area contributed by atoms with Gasteiger partial charge in [0.2, 0.25) is 5.95 Å². The summed E-state index contributed by atoms with van der Waals surface area (Å²) in [5.41, 5.74) is 0.999. The molecule has 1 unspecified atom stereocenters. The zero-order valence-electron chi connectivity index (χ0n) is 16.8. The molecule has 0 bridgehead atoms. The van der Waals surface area contributed by atoms with Crippen LogP contribution in [-0.4, -0.2) is 75.5 Å². The molecule has 0 radical (unpaired) electrons. The molecule has 0 saturated carbocycles. The number of anilines is 1. The summed E-state index contributed by atoms with van der Waals surface area (Å²) in [5, 5.41) is 7.12. The maximum atomic E-state index is 10.6. The molecule has 1 N–H and O–H groups in total. The summed E-state index contributed by atoms with van der Waals surface area (Å²) < 4.78 is 38.0. The Kier molecular flexibility index (Phi) is 7.39. The summed E-state index contributed by atoms with van der Waals surface area (Å²) in [6.45, 7) is 5.41. The molecule has 8 nitrogen and oxygen atoms in total. The molecule has 31 heavy (non-hydrogen) atoms. The van der Waals surface area contributed by atoms with Gasteiger partial charge in [0, 0.05) is 44.8 Å². The monoisotopic (exact) mass is 439 g/mol. The lowest BCUT2D eigenvalue weighted by atomic mass is 9.90. The summed E-state index contributed by atoms with van der Waals surface area (Å²) in [4.78, 5) is 26.9. The highest BCUT2D eigenvalue weighted by molar-refractivity contribution is 5.73. The summed E-state index contributed by atoms with van der Waals surface area (Å²) in [6, 6.07) is 7.96. The molecule has 4 rings (SSSR count). The highest BCUT2D eigenvalue weighted by Gasteiger charge is 2.41. The third-order valence-electron chi connectivity index (χ3n) is 5.06. The van der Waals surface area contributed by atoms with Gasteiger partial charge in [-0.05, 0) is 31.0 Å². The van der Waals surface area contributed by atoms with Crippen molar-refractivity contribution in [3.63, 3.8) is 0 Å². The standard InChI is InChI=1S/C18H23N5O.C2HF3O2/c1-2-7-19-16(5-1)13-22-11-12-24-18(14-22)6-3-10-23(15-18)17-20-8-4-9-21-17;3-2(4,5)1(6)7/h1-2,4-5,7-9H,3,6,10-15H2;(H,6,7). The molecule has 2 fully saturated rings. The summed E-state index contributed by atoms with van der Waals surface area (Å²) in [7, 11) is 0. The van der Waals surface area contributed by atoms with Crippen LogP contribution in [0.2, 0.25) is 0 Å². The predicted octanol–water partition coefficient (Wildman–Crippen LogP) is 2.38. The first-order valence-electron chi connectivity index (χ1n) is 9.86. The summed E-state index contributed by atoms with van der Waals surface area (Å²) in [5.74, 6) is -1.95. The van der Waals surface area contributed by atoms with E-state index in [-0.39, 0.29) is 5.60 Å². The van der Waals surface area contributed by atoms with Crippen molar-refractivity contribution >= 4 is 11.9 Å². The average molecular weight is 439 g/mol. The van der Waals surface area contributed by atoms with Crippen molar-refractivity contribution in [3.05, 3.63) is 48.5 Å². The van der Waals surface area contributed by atoms with Gasteiger partial charge in [-0.1, -0.05) is 6.07 Å². The Morgan fingerprint density at radius 2 is 1.81 bits per heavy atom. The number of alkyl halides is 3. The van der Waals surface area contributed by atoms with Crippen LogP contribution in [0, 0.1) is 0 Å². The van der Waals surface area contributed by atoms with Crippen LogP contribution in [0.3, 0.4) is 0 Å². The van der Waals surface area contributed by atoms with Gasteiger partial charge in [-0.25, -0.2) is 14.8 Å². The van der Waals surface area contributed by atoms with Crippen molar-refractivity contribution < 1.29 is 27.8 Å². The Labute approximate surface area is 177 Å². The van der Waals surface area contributed by atoms with E-state index in [0.717, 1.165) is 63.8 Å². The Bertz CT molecular complexity index is 837. The van der Waals surface area contributed by atoms with E-state index in [2.05, 4.69) is 30.8 Å². The van der Waals surface area contributed by atoms with Gasteiger partial charge in [0.25, 0.3) is 0 Å². The van der Waals surface area contributed by atoms with Gasteiger partial charge in [0.1, 0.15) is 0 Å². The van der Waals surface area contributed by atoms with Crippen molar-refractivity contribution in [1.29, 1.82) is 0 Å². The maximum Gasteiger partial charge on any atom is 0.490 e. The molecule has 1 atom stereocenters. The van der Waals surface area contributed by atoms with Crippen LogP contribution in [-0.2, 0) is 16.1 Å². The normalized spacial score (nSPS) is 22.0. The zero-order valence-corrected chi connectivity index (χ0v) is 16.8. The Morgan fingerprint density at radius 3 is 2.45 bits per heavy atom. The molecule has 2 aliphatic rings. The number of aliphatic carboxylic acids is 1. The lowest BCUT2D eigenvalue weighted by Gasteiger charge is -2.48. The SMILES string of the molecule is O=C(O)C(F)(F)F.c1ccc(CN2CCOC3(CCCN(c4ncccn4)C3)C2)nc1. The van der Waals surface area contributed by atoms with Gasteiger partial charge in [0.15, 0.2) is 0 Å². The first kappa shape index (κ1) is 22.9. The van der Waals surface area contributed by atoms with Crippen LogP contribution < -0.4 is 4.90 Å². The first-order chi connectivity index (χ1) is 14.8. The topological polar surface area (TPSA) is 91.7 Å². The second-order valence-electron chi connectivity index (χ2n) is 7.44. The van der Waals surface area contributed by atoms with Crippen molar-refractivity contribution in [3.8, 4) is 0 Å². The second-order valence-corrected chi connectivity index (χ2v) is 7.44. The van der Waals surface area contributed by atoms with E-state index >= 15 is 0 Å². The van der Waals surface area contributed by atoms with Crippen LogP contribution in [0.15, 0.2) is 42.9 Å². The number of carboxylic acids is 1. The number of halogens is 3. The maximum absolute atomic E-state index is 10.6. The largest absolute Gasteiger partial charge is 0.490 e. The van der Waals surface area contributed by atoms with Gasteiger partial charge in [-0.3, -0.25) is 9.88 Å². The second kappa shape index (κ2) is 10.0. The number of morpholine rings is 1. The number of piperidine rings is 1. The number of pyridine rings is 1. The predicted molar refractivity (Wildman–Crippen MR) is 105 cm³/mol. The van der Waals surface area contributed by atoms with Crippen LogP contribution in [0.5, 0.6) is 0 Å². The van der Waals surface area contributed by atoms with E-state index in [1.54, 1.807) is 12.4 Å². The van der Waals surface area contributed by atoms with Gasteiger partial charge in [0.05, 0.1) is 24.4 Å². The first-order valence-corrected chi connectivity index (χ1v) is 9.86. The molecule has 0 aromatic carbocycles. The van der Waals surface area contributed by atoms with Crippen molar-refractivity contribution in [2.45, 2.75) is 31.2 Å². The van der Waals surface area contributed by atoms with E-state index in [0.29, 0.717) is 0 Å². The van der Waals surface area contributed by atoms with E-state index < -0.39 is 12.1 Å². The van der Waals surface area contributed by atoms with Crippen LogP contribution in [0.4, 0.5) is 19.1 Å². The van der Waals surface area contributed by atoms with Crippen LogP contribution in [0.25, 0.3) is 0 Å². The number of hydrogen-bond donors (Lipinski definition) is 1. The molecule has 2 aliphatic heterocycles. The van der Waals surface area contributed by atoms with Gasteiger partial charge >= 0.3 is 12.1 Å². The van der Waals surface area contributed by atoms with Crippen molar-refractivity contribution in [2.75, 3.05) is 37.7 Å². The summed E-state index contributed by atoms with van der Waals surface area (Å²) in [6.07, 6.45) is 2.59. The Balaban J connectivity index is 0.000000339. The molecular weight excluding hydrogens is 415 g/mol. The number of carbonyl (C=O) groups is 1. The number of aromatic nitrogens is 3. The van der Waals surface area contributed by atoms with Crippen molar-refractivity contribution in [1.82, 2.24) is 19.9 Å². The summed E-state index contributed by atoms with van der Waals surface area (Å²) >= 11 is 0. The van der Waals surface area contributed by atoms with E-state index in [4.69, 9.17) is 14.6 Å². The molecule has 0 amide bonds. The van der Waals surface area contributed by atoms with Crippen LogP contribution in [0.1, 0.15) is 18.5 Å². The molecule has 2 aromatic rings. The van der Waals surface area contributed by atoms with Gasteiger partial charge in [-0.15, -0.1) is 0 Å². The third kappa shape index (κ3) is 6.59. The lowest BCUT2D eigenvalue weighted by Crippen LogP contribution is -2.59. The van der Waals surface area contributed by atoms with Gasteiger partial charge in [-0.2, -0.15) is 13.2 Å². The fourth-order valence-corrected chi connectivity index (χ4v) is 3.75. The smallest absolute Gasteiger partial charge is 0.475 e. The molecule has 2 aromatic heterocycles. The minimum atomic E-state index is -5.08. The highest BCUT2D eigenvalue weighted by Crippen LogP contribution is 2.30. The van der Waals surface area contributed by atoms with Crippen LogP contribution >= 0.6 is 0 Å². The fraction of sp³-hybridized carbons (Fsp3) is 0.500. The van der Waals surface area contributed by atoms with E-state index in [9.17, 15) is 13.2 Å². The Morgan fingerprint density at radius 1 is 1.10 bits per heavy atom. The van der Waals surface area contributed by atoms with Crippen molar-refractivity contribution in [2.24, 2.45) is 0 Å². The lowest BCUT2D eigenvalue weighted by molar-refractivity contribution is -0.192. The minimum absolute atomic E-state index is 0.121. The number of nitrogens with zero attached hydrogens (tertiary/aromatic N) is 5. The quantitative estimate of drug-likeness (QED) is 0.780. The zero-order chi connectivity index (χ0) is 22.3. The third-order valence-corrected chi connectivity index (χ3v) is 5.06. The molecule has 1 spiro atoms. The molecule has 2 saturated heterocycles. The Hall–Kier alpha value is -2.79. The minimum Gasteiger partial charge on any atom is -0.475 e. The van der Waals surface area contributed by atoms with E-state index in [1.165, 1.54) is 0 Å². The molecule has 168 valence electrons. The van der Waals surface area contributed by atoms with E-state index in [1.807, 2.05) is 24.4 Å². The molecule has 0 aliphatic carbocycles. The molecule has 4 heterocycles. The number of rotatable bonds is 3. The average Bonchev–Trinajstić information content (AvgIpc) is 2.75. The van der Waals surface area contributed by atoms with Gasteiger partial charge < -0.3 is 14.7 Å². The highest BCUT2D eigenvalue weighted by atomic mass is 19.4. The number of carboxylic acid groups (broad SMARTS) is 1. The fourth-order valence-electron chi connectivity index (χ4n) is 3.75. The molecule has 11 heteroatoms. The number of hydrogen-bond acceptors (Lipinski definition) is 7. The molecular formula is C20H24F3N5O3. The number of ether oxygens (including phenoxy) is 1.